The van der Waals surface area contributed by atoms with Crippen molar-refractivity contribution in [3.05, 3.63) is 34.3 Å². The predicted molar refractivity (Wildman–Crippen MR) is 67.7 cm³/mol. The minimum absolute atomic E-state index is 0.214. The van der Waals surface area contributed by atoms with Crippen molar-refractivity contribution in [1.82, 2.24) is 0 Å². The van der Waals surface area contributed by atoms with Gasteiger partial charge in [-0.1, -0.05) is 17.7 Å². The third-order valence-electron chi connectivity index (χ3n) is 3.30. The molecule has 0 amide bonds. The van der Waals surface area contributed by atoms with E-state index < -0.39 is 11.9 Å². The summed E-state index contributed by atoms with van der Waals surface area (Å²) in [4.78, 5) is 0. The van der Waals surface area contributed by atoms with Gasteiger partial charge in [0.15, 0.2) is 11.9 Å². The van der Waals surface area contributed by atoms with Crippen LogP contribution in [0.15, 0.2) is 18.2 Å². The van der Waals surface area contributed by atoms with Crippen LogP contribution in [0.1, 0.15) is 11.1 Å². The van der Waals surface area contributed by atoms with Gasteiger partial charge in [0.2, 0.25) is 0 Å². The summed E-state index contributed by atoms with van der Waals surface area (Å²) < 4.78 is 16.3. The molecule has 100 valence electrons. The van der Waals surface area contributed by atoms with Crippen LogP contribution in [0.2, 0.25) is 5.02 Å². The second-order valence-electron chi connectivity index (χ2n) is 4.25. The molecule has 0 aromatic heterocycles. The maximum atomic E-state index is 9.77. The van der Waals surface area contributed by atoms with Crippen molar-refractivity contribution in [2.75, 3.05) is 27.4 Å². The van der Waals surface area contributed by atoms with Gasteiger partial charge in [0.1, 0.15) is 0 Å². The molecule has 0 saturated carbocycles. The zero-order valence-electron chi connectivity index (χ0n) is 10.5. The number of hydrogen-bond acceptors (Lipinski definition) is 4. The summed E-state index contributed by atoms with van der Waals surface area (Å²) in [6.45, 7) is 0.283. The highest BCUT2D eigenvalue weighted by molar-refractivity contribution is 6.30. The normalized spacial score (nSPS) is 23.2. The van der Waals surface area contributed by atoms with E-state index in [4.69, 9.17) is 25.8 Å². The molecule has 5 heteroatoms. The number of aliphatic hydroxyl groups excluding tert-OH is 1. The Balaban J connectivity index is 2.51. The number of rotatable bonds is 4. The molecule has 1 unspecified atom stereocenters. The molecule has 1 atom stereocenters. The van der Waals surface area contributed by atoms with Crippen LogP contribution in [0.3, 0.4) is 0 Å². The van der Waals surface area contributed by atoms with Gasteiger partial charge in [0, 0.05) is 19.2 Å². The first kappa shape index (κ1) is 13.8. The molecular formula is C13H17ClO4. The molecule has 4 nitrogen and oxygen atoms in total. The summed E-state index contributed by atoms with van der Waals surface area (Å²) in [5.41, 5.74) is 0.943. The lowest BCUT2D eigenvalue weighted by Crippen LogP contribution is -2.50. The van der Waals surface area contributed by atoms with Crippen LogP contribution in [0, 0.1) is 0 Å². The Morgan fingerprint density at radius 1 is 1.44 bits per heavy atom. The molecule has 2 rings (SSSR count). The second kappa shape index (κ2) is 5.55. The molecule has 0 spiro atoms. The zero-order chi connectivity index (χ0) is 13.2. The monoisotopic (exact) mass is 272 g/mol. The molecule has 0 fully saturated rings. The minimum Gasteiger partial charge on any atom is -0.393 e. The second-order valence-corrected chi connectivity index (χ2v) is 4.69. The maximum Gasteiger partial charge on any atom is 0.192 e. The van der Waals surface area contributed by atoms with Gasteiger partial charge < -0.3 is 19.3 Å². The first-order chi connectivity index (χ1) is 8.67. The molecule has 1 aromatic carbocycles. The highest BCUT2D eigenvalue weighted by Crippen LogP contribution is 2.38. The van der Waals surface area contributed by atoms with Crippen molar-refractivity contribution in [2.45, 2.75) is 18.3 Å². The van der Waals surface area contributed by atoms with Gasteiger partial charge in [-0.25, -0.2) is 0 Å². The molecule has 0 bridgehead atoms. The quantitative estimate of drug-likeness (QED) is 0.848. The molecule has 1 N–H and O–H groups in total. The highest BCUT2D eigenvalue weighted by Gasteiger charge is 2.45. The van der Waals surface area contributed by atoms with E-state index in [1.165, 1.54) is 14.2 Å². The molecule has 1 aliphatic rings. The fourth-order valence-electron chi connectivity index (χ4n) is 2.48. The Morgan fingerprint density at radius 2 is 2.17 bits per heavy atom. The summed E-state index contributed by atoms with van der Waals surface area (Å²) in [5, 5.41) is 10.4. The Labute approximate surface area is 111 Å². The number of methoxy groups -OCH3 is 2. The SMILES string of the molecule is COC(OC)C1(CO)OCCc2cc(Cl)ccc21. The van der Waals surface area contributed by atoms with Crippen LogP contribution in [-0.4, -0.2) is 38.8 Å². The zero-order valence-corrected chi connectivity index (χ0v) is 11.2. The van der Waals surface area contributed by atoms with Gasteiger partial charge in [0.05, 0.1) is 13.2 Å². The molecule has 1 aliphatic heterocycles. The standard InChI is InChI=1S/C13H17ClO4/c1-16-12(17-2)13(8-15)11-4-3-10(14)7-9(11)5-6-18-13/h3-4,7,12,15H,5-6,8H2,1-2H3. The van der Waals surface area contributed by atoms with Gasteiger partial charge in [-0.15, -0.1) is 0 Å². The van der Waals surface area contributed by atoms with Crippen molar-refractivity contribution in [2.24, 2.45) is 0 Å². The van der Waals surface area contributed by atoms with Crippen LogP contribution in [0.25, 0.3) is 0 Å². The Morgan fingerprint density at radius 3 is 2.78 bits per heavy atom. The lowest BCUT2D eigenvalue weighted by atomic mass is 9.86. The predicted octanol–water partition coefficient (Wildman–Crippen LogP) is 1.72. The summed E-state index contributed by atoms with van der Waals surface area (Å²) in [6, 6.07) is 5.53. The molecule has 0 radical (unpaired) electrons. The molecule has 1 aromatic rings. The van der Waals surface area contributed by atoms with Crippen LogP contribution < -0.4 is 0 Å². The van der Waals surface area contributed by atoms with E-state index in [-0.39, 0.29) is 6.61 Å². The van der Waals surface area contributed by atoms with Gasteiger partial charge >= 0.3 is 0 Å². The van der Waals surface area contributed by atoms with Gasteiger partial charge in [-0.2, -0.15) is 0 Å². The van der Waals surface area contributed by atoms with E-state index in [9.17, 15) is 5.11 Å². The van der Waals surface area contributed by atoms with Gasteiger partial charge in [-0.05, 0) is 29.7 Å². The van der Waals surface area contributed by atoms with E-state index in [1.54, 1.807) is 6.07 Å². The summed E-state index contributed by atoms with van der Waals surface area (Å²) in [6.07, 6.45) is 0.0976. The third-order valence-corrected chi connectivity index (χ3v) is 3.53. The topological polar surface area (TPSA) is 47.9 Å². The van der Waals surface area contributed by atoms with E-state index in [1.807, 2.05) is 12.1 Å². The largest absolute Gasteiger partial charge is 0.393 e. The van der Waals surface area contributed by atoms with Gasteiger partial charge in [-0.3, -0.25) is 0 Å². The number of benzene rings is 1. The van der Waals surface area contributed by atoms with Crippen molar-refractivity contribution in [1.29, 1.82) is 0 Å². The minimum atomic E-state index is -0.984. The first-order valence-electron chi connectivity index (χ1n) is 5.77. The number of aliphatic hydroxyl groups is 1. The van der Waals surface area contributed by atoms with E-state index >= 15 is 0 Å². The molecule has 18 heavy (non-hydrogen) atoms. The van der Waals surface area contributed by atoms with Crippen LogP contribution in [0.4, 0.5) is 0 Å². The fourth-order valence-corrected chi connectivity index (χ4v) is 2.67. The first-order valence-corrected chi connectivity index (χ1v) is 6.15. The Kier molecular flexibility index (Phi) is 4.25. The Bertz CT molecular complexity index is 419. The number of ether oxygens (including phenoxy) is 3. The van der Waals surface area contributed by atoms with E-state index in [0.717, 1.165) is 17.5 Å². The third kappa shape index (κ3) is 2.15. The van der Waals surface area contributed by atoms with Gasteiger partial charge in [0.25, 0.3) is 0 Å². The molecule has 1 heterocycles. The average molecular weight is 273 g/mol. The molecular weight excluding hydrogens is 256 g/mol. The summed E-state index contributed by atoms with van der Waals surface area (Å²) in [5.74, 6) is 0. The molecule has 0 aliphatic carbocycles. The van der Waals surface area contributed by atoms with Crippen molar-refractivity contribution >= 4 is 11.6 Å². The van der Waals surface area contributed by atoms with Crippen molar-refractivity contribution < 1.29 is 19.3 Å². The summed E-state index contributed by atoms with van der Waals surface area (Å²) in [7, 11) is 3.05. The van der Waals surface area contributed by atoms with Crippen LogP contribution >= 0.6 is 11.6 Å². The average Bonchev–Trinajstić information content (AvgIpc) is 2.39. The Hall–Kier alpha value is -0.650. The number of halogens is 1. The smallest absolute Gasteiger partial charge is 0.192 e. The summed E-state index contributed by atoms with van der Waals surface area (Å²) >= 11 is 5.99. The maximum absolute atomic E-state index is 9.77. The lowest BCUT2D eigenvalue weighted by molar-refractivity contribution is -0.257. The lowest BCUT2D eigenvalue weighted by Gasteiger charge is -2.41. The van der Waals surface area contributed by atoms with E-state index in [0.29, 0.717) is 11.6 Å². The highest BCUT2D eigenvalue weighted by atomic mass is 35.5. The number of hydrogen-bond donors (Lipinski definition) is 1. The van der Waals surface area contributed by atoms with Crippen LogP contribution in [0.5, 0.6) is 0 Å². The van der Waals surface area contributed by atoms with E-state index in [2.05, 4.69) is 0 Å². The van der Waals surface area contributed by atoms with Crippen molar-refractivity contribution in [3.8, 4) is 0 Å². The van der Waals surface area contributed by atoms with Crippen LogP contribution in [-0.2, 0) is 26.2 Å². The van der Waals surface area contributed by atoms with Crippen molar-refractivity contribution in [3.63, 3.8) is 0 Å². The molecule has 0 saturated heterocycles. The number of fused-ring (bicyclic) bond motifs is 1. The fraction of sp³-hybridized carbons (Fsp3) is 0.538.